The number of nitrogens with two attached hydrogens (primary N) is 1. The third kappa shape index (κ3) is 3.62. The Morgan fingerprint density at radius 3 is 2.08 bits per heavy atom. The molecule has 0 saturated heterocycles. The van der Waals surface area contributed by atoms with Crippen molar-refractivity contribution in [1.29, 1.82) is 0 Å². The Morgan fingerprint density at radius 1 is 0.725 bits per heavy atom. The van der Waals surface area contributed by atoms with Crippen LogP contribution in [-0.4, -0.2) is 11.1 Å². The molecule has 0 aromatic heterocycles. The molecular weight excluding hydrogens is 504 g/mol. The van der Waals surface area contributed by atoms with Gasteiger partial charge >= 0.3 is 5.97 Å². The highest BCUT2D eigenvalue weighted by molar-refractivity contribution is 6.05. The Balaban J connectivity index is 1.52. The zero-order chi connectivity index (χ0) is 27.5. The number of aromatic carboxylic acids is 1. The van der Waals surface area contributed by atoms with Crippen molar-refractivity contribution < 1.29 is 18.7 Å². The van der Waals surface area contributed by atoms with E-state index in [2.05, 4.69) is 36.4 Å². The molecule has 5 heteroatoms. The van der Waals surface area contributed by atoms with Gasteiger partial charge in [-0.15, -0.1) is 0 Å². The van der Waals surface area contributed by atoms with E-state index in [4.69, 9.17) is 5.73 Å². The molecule has 2 aliphatic rings. The van der Waals surface area contributed by atoms with Gasteiger partial charge in [0, 0.05) is 12.1 Å². The lowest BCUT2D eigenvalue weighted by Crippen LogP contribution is -2.11. The summed E-state index contributed by atoms with van der Waals surface area (Å²) in [5, 5.41) is 10.3. The van der Waals surface area contributed by atoms with Crippen molar-refractivity contribution in [3.05, 3.63) is 130 Å². The number of hydrogen-bond acceptors (Lipinski definition) is 2. The number of hydrogen-bond donors (Lipinski definition) is 2. The molecule has 0 radical (unpaired) electrons. The predicted molar refractivity (Wildman–Crippen MR) is 154 cm³/mol. The van der Waals surface area contributed by atoms with Crippen LogP contribution >= 0.6 is 0 Å². The van der Waals surface area contributed by atoms with Crippen LogP contribution < -0.4 is 5.73 Å². The Labute approximate surface area is 230 Å². The standard InChI is InChI=1S/C35H25F2NO2/c36-34(37)20-13-11-19(12-14-20)25-8-3-6-22-16-30-32(35(39)40)23(18-38)17-29(33(30)31(22)25)27-10-4-9-26-24-7-2-1-5-21(24)15-28(26)27/h1-14,17,34H,15-16,18,38H2,(H,39,40). The summed E-state index contributed by atoms with van der Waals surface area (Å²) in [5.74, 6) is -0.996. The lowest BCUT2D eigenvalue weighted by molar-refractivity contribution is 0.0694. The van der Waals surface area contributed by atoms with Crippen LogP contribution in [0.25, 0.3) is 44.5 Å². The zero-order valence-corrected chi connectivity index (χ0v) is 21.5. The highest BCUT2D eigenvalue weighted by atomic mass is 19.3. The van der Waals surface area contributed by atoms with Crippen LogP contribution in [0.15, 0.2) is 91.0 Å². The molecule has 5 aromatic rings. The largest absolute Gasteiger partial charge is 0.478 e. The van der Waals surface area contributed by atoms with E-state index in [0.29, 0.717) is 12.0 Å². The number of fused-ring (bicyclic) bond motifs is 6. The molecule has 5 aromatic carbocycles. The van der Waals surface area contributed by atoms with Gasteiger partial charge in [-0.3, -0.25) is 0 Å². The number of rotatable bonds is 5. The quantitative estimate of drug-likeness (QED) is 0.236. The van der Waals surface area contributed by atoms with E-state index < -0.39 is 12.4 Å². The monoisotopic (exact) mass is 529 g/mol. The summed E-state index contributed by atoms with van der Waals surface area (Å²) in [4.78, 5) is 12.6. The van der Waals surface area contributed by atoms with Crippen LogP contribution in [0.5, 0.6) is 0 Å². The lowest BCUT2D eigenvalue weighted by Gasteiger charge is -2.20. The minimum absolute atomic E-state index is 0.0300. The molecule has 0 amide bonds. The maximum absolute atomic E-state index is 13.3. The van der Waals surface area contributed by atoms with Crippen molar-refractivity contribution in [3.8, 4) is 44.5 Å². The molecule has 0 fully saturated rings. The van der Waals surface area contributed by atoms with E-state index >= 15 is 0 Å². The number of benzene rings is 5. The third-order valence-corrected chi connectivity index (χ3v) is 8.33. The molecule has 0 atom stereocenters. The molecule has 3 N–H and O–H groups in total. The number of halogens is 2. The average molecular weight is 530 g/mol. The fourth-order valence-electron chi connectivity index (χ4n) is 6.59. The molecule has 40 heavy (non-hydrogen) atoms. The molecule has 7 rings (SSSR count). The van der Waals surface area contributed by atoms with Crippen molar-refractivity contribution >= 4 is 5.97 Å². The van der Waals surface area contributed by atoms with E-state index in [-0.39, 0.29) is 17.7 Å². The molecule has 0 aliphatic heterocycles. The first kappa shape index (κ1) is 24.4. The average Bonchev–Trinajstić information content (AvgIpc) is 3.55. The molecule has 0 unspecified atom stereocenters. The predicted octanol–water partition coefficient (Wildman–Crippen LogP) is 8.26. The van der Waals surface area contributed by atoms with Crippen LogP contribution in [-0.2, 0) is 19.4 Å². The van der Waals surface area contributed by atoms with Crippen LogP contribution in [0.3, 0.4) is 0 Å². The highest BCUT2D eigenvalue weighted by Gasteiger charge is 2.33. The van der Waals surface area contributed by atoms with Crippen LogP contribution in [0, 0.1) is 0 Å². The first-order chi connectivity index (χ1) is 19.5. The summed E-state index contributed by atoms with van der Waals surface area (Å²) in [7, 11) is 0. The number of alkyl halides is 2. The first-order valence-corrected chi connectivity index (χ1v) is 13.3. The second-order valence-electron chi connectivity index (χ2n) is 10.4. The van der Waals surface area contributed by atoms with Crippen LogP contribution in [0.2, 0.25) is 0 Å². The molecule has 0 spiro atoms. The number of carboxylic acid groups (broad SMARTS) is 1. The second-order valence-corrected chi connectivity index (χ2v) is 10.4. The minimum Gasteiger partial charge on any atom is -0.478 e. The van der Waals surface area contributed by atoms with Gasteiger partial charge in [-0.1, -0.05) is 84.9 Å². The Morgan fingerprint density at radius 2 is 1.35 bits per heavy atom. The first-order valence-electron chi connectivity index (χ1n) is 13.3. The molecule has 0 saturated carbocycles. The van der Waals surface area contributed by atoms with Crippen molar-refractivity contribution in [2.75, 3.05) is 0 Å². The Hall–Kier alpha value is -4.61. The van der Waals surface area contributed by atoms with E-state index in [0.717, 1.165) is 50.9 Å². The molecular formula is C35H25F2NO2. The van der Waals surface area contributed by atoms with Gasteiger partial charge in [-0.05, 0) is 91.2 Å². The minimum atomic E-state index is -2.54. The van der Waals surface area contributed by atoms with Crippen molar-refractivity contribution in [3.63, 3.8) is 0 Å². The van der Waals surface area contributed by atoms with Gasteiger partial charge in [0.15, 0.2) is 0 Å². The van der Waals surface area contributed by atoms with Gasteiger partial charge in [-0.25, -0.2) is 13.6 Å². The smallest absolute Gasteiger partial charge is 0.336 e. The van der Waals surface area contributed by atoms with E-state index in [1.807, 2.05) is 30.3 Å². The summed E-state index contributed by atoms with van der Waals surface area (Å²) in [5.41, 5.74) is 19.2. The van der Waals surface area contributed by atoms with E-state index in [9.17, 15) is 18.7 Å². The van der Waals surface area contributed by atoms with E-state index in [1.54, 1.807) is 12.1 Å². The summed E-state index contributed by atoms with van der Waals surface area (Å²) in [6.45, 7) is 0.107. The number of carbonyl (C=O) groups is 1. The highest BCUT2D eigenvalue weighted by Crippen LogP contribution is 2.52. The van der Waals surface area contributed by atoms with Gasteiger partial charge in [0.05, 0.1) is 5.56 Å². The fraction of sp³-hybridized carbons (Fsp3) is 0.114. The van der Waals surface area contributed by atoms with Crippen molar-refractivity contribution in [2.45, 2.75) is 25.8 Å². The molecule has 196 valence electrons. The lowest BCUT2D eigenvalue weighted by atomic mass is 9.84. The van der Waals surface area contributed by atoms with Gasteiger partial charge in [0.25, 0.3) is 6.43 Å². The maximum Gasteiger partial charge on any atom is 0.336 e. The topological polar surface area (TPSA) is 63.3 Å². The van der Waals surface area contributed by atoms with Crippen LogP contribution in [0.4, 0.5) is 8.78 Å². The molecule has 2 aliphatic carbocycles. The Kier molecular flexibility index (Phi) is 5.65. The van der Waals surface area contributed by atoms with Crippen molar-refractivity contribution in [2.24, 2.45) is 5.73 Å². The summed E-state index contributed by atoms with van der Waals surface area (Å²) in [6.07, 6.45) is -1.29. The van der Waals surface area contributed by atoms with Crippen LogP contribution in [0.1, 0.15) is 50.2 Å². The second kappa shape index (κ2) is 9.25. The molecule has 0 bridgehead atoms. The van der Waals surface area contributed by atoms with Gasteiger partial charge < -0.3 is 10.8 Å². The number of carboxylic acids is 1. The third-order valence-electron chi connectivity index (χ3n) is 8.33. The summed E-state index contributed by atoms with van der Waals surface area (Å²) in [6, 6.07) is 29.0. The fourth-order valence-corrected chi connectivity index (χ4v) is 6.59. The summed E-state index contributed by atoms with van der Waals surface area (Å²) >= 11 is 0. The molecule has 3 nitrogen and oxygen atoms in total. The van der Waals surface area contributed by atoms with Gasteiger partial charge in [0.2, 0.25) is 0 Å². The Bertz CT molecular complexity index is 1840. The molecule has 0 heterocycles. The van der Waals surface area contributed by atoms with Gasteiger partial charge in [0.1, 0.15) is 0 Å². The van der Waals surface area contributed by atoms with E-state index in [1.165, 1.54) is 34.4 Å². The SMILES string of the molecule is NCc1cc(-c2cccc3c2Cc2ccccc2-3)c2c(c1C(=O)O)Cc1cccc(-c3ccc(C(F)F)cc3)c1-2. The van der Waals surface area contributed by atoms with Crippen molar-refractivity contribution in [1.82, 2.24) is 0 Å². The zero-order valence-electron chi connectivity index (χ0n) is 21.5. The summed E-state index contributed by atoms with van der Waals surface area (Å²) < 4.78 is 26.6. The normalized spacial score (nSPS) is 12.7. The van der Waals surface area contributed by atoms with Gasteiger partial charge in [-0.2, -0.15) is 0 Å². The maximum atomic E-state index is 13.3.